The molecule has 1 aliphatic heterocycles. The van der Waals surface area contributed by atoms with Gasteiger partial charge in [0.1, 0.15) is 5.82 Å². The lowest BCUT2D eigenvalue weighted by Gasteiger charge is -2.04. The van der Waals surface area contributed by atoms with Crippen molar-refractivity contribution in [1.29, 1.82) is 0 Å². The average molecular weight is 279 g/mol. The quantitative estimate of drug-likeness (QED) is 0.875. The highest BCUT2D eigenvalue weighted by Crippen LogP contribution is 2.39. The van der Waals surface area contributed by atoms with E-state index in [-0.39, 0.29) is 18.2 Å². The van der Waals surface area contributed by atoms with Gasteiger partial charge in [-0.05, 0) is 30.9 Å². The number of nitrogens with zero attached hydrogens (tertiary/aromatic N) is 1. The van der Waals surface area contributed by atoms with Crippen molar-refractivity contribution in [3.63, 3.8) is 0 Å². The molecule has 1 atom stereocenters. The topological polar surface area (TPSA) is 42.2 Å². The summed E-state index contributed by atoms with van der Waals surface area (Å²) >= 11 is 1.51. The number of aliphatic carboxylic acids is 1. The molecule has 0 fully saturated rings. The van der Waals surface area contributed by atoms with Gasteiger partial charge in [0, 0.05) is 28.4 Å². The molecule has 0 aliphatic carbocycles. The summed E-state index contributed by atoms with van der Waals surface area (Å²) in [4.78, 5) is 11.8. The highest BCUT2D eigenvalue weighted by Gasteiger charge is 2.27. The zero-order valence-electron chi connectivity index (χ0n) is 10.5. The second kappa shape index (κ2) is 4.56. The molecule has 0 bridgehead atoms. The largest absolute Gasteiger partial charge is 0.481 e. The standard InChI is InChI=1S/C14H14FNO2S/c1-19-13-6-9(15)5-12-10(13)7-11-8(4-14(17)18)2-3-16(11)12/h5-8H,2-4H2,1H3,(H,17,18). The maximum Gasteiger partial charge on any atom is 0.304 e. The summed E-state index contributed by atoms with van der Waals surface area (Å²) in [5.41, 5.74) is 1.91. The molecule has 0 radical (unpaired) electrons. The van der Waals surface area contributed by atoms with E-state index in [9.17, 15) is 9.18 Å². The van der Waals surface area contributed by atoms with Gasteiger partial charge < -0.3 is 9.67 Å². The van der Waals surface area contributed by atoms with Crippen LogP contribution in [0.2, 0.25) is 0 Å². The van der Waals surface area contributed by atoms with Crippen LogP contribution in [0.1, 0.15) is 24.5 Å². The van der Waals surface area contributed by atoms with E-state index < -0.39 is 5.97 Å². The van der Waals surface area contributed by atoms with Gasteiger partial charge in [0.05, 0.1) is 11.9 Å². The van der Waals surface area contributed by atoms with Gasteiger partial charge in [-0.25, -0.2) is 4.39 Å². The Hall–Kier alpha value is -1.49. The van der Waals surface area contributed by atoms with Crippen LogP contribution in [0.3, 0.4) is 0 Å². The second-order valence-electron chi connectivity index (χ2n) is 4.85. The molecule has 1 N–H and O–H groups in total. The van der Waals surface area contributed by atoms with Crippen LogP contribution in [0, 0.1) is 5.82 Å². The SMILES string of the molecule is CSc1cc(F)cc2c1cc1n2CCC1CC(=O)O. The number of carbonyl (C=O) groups is 1. The Balaban J connectivity index is 2.15. The molecule has 3 rings (SSSR count). The zero-order chi connectivity index (χ0) is 13.6. The highest BCUT2D eigenvalue weighted by atomic mass is 32.2. The fourth-order valence-corrected chi connectivity index (χ4v) is 3.53. The summed E-state index contributed by atoms with van der Waals surface area (Å²) < 4.78 is 15.7. The molecule has 2 heterocycles. The molecule has 19 heavy (non-hydrogen) atoms. The second-order valence-corrected chi connectivity index (χ2v) is 5.69. The first kappa shape index (κ1) is 12.5. The Kier molecular flexibility index (Phi) is 3.01. The predicted molar refractivity (Wildman–Crippen MR) is 73.3 cm³/mol. The number of carboxylic acid groups (broad SMARTS) is 1. The molecule has 0 saturated heterocycles. The Labute approximate surface area is 114 Å². The molecule has 1 aromatic carbocycles. The summed E-state index contributed by atoms with van der Waals surface area (Å²) in [6, 6.07) is 5.11. The molecule has 5 heteroatoms. The van der Waals surface area contributed by atoms with Crippen molar-refractivity contribution in [1.82, 2.24) is 4.57 Å². The van der Waals surface area contributed by atoms with Crippen molar-refractivity contribution in [3.05, 3.63) is 29.7 Å². The van der Waals surface area contributed by atoms with Crippen LogP contribution < -0.4 is 0 Å². The molecule has 1 aliphatic rings. The Bertz CT molecular complexity index is 665. The molecule has 1 aromatic heterocycles. The van der Waals surface area contributed by atoms with Crippen LogP contribution in [0.4, 0.5) is 4.39 Å². The number of hydrogen-bond acceptors (Lipinski definition) is 2. The average Bonchev–Trinajstić information content (AvgIpc) is 2.89. The van der Waals surface area contributed by atoms with Gasteiger partial charge in [-0.1, -0.05) is 0 Å². The van der Waals surface area contributed by atoms with Crippen LogP contribution in [0.15, 0.2) is 23.1 Å². The van der Waals surface area contributed by atoms with E-state index in [0.29, 0.717) is 0 Å². The first-order valence-electron chi connectivity index (χ1n) is 6.18. The van der Waals surface area contributed by atoms with Crippen molar-refractivity contribution in [3.8, 4) is 0 Å². The fraction of sp³-hybridized carbons (Fsp3) is 0.357. The maximum absolute atomic E-state index is 13.6. The first-order chi connectivity index (χ1) is 9.10. The van der Waals surface area contributed by atoms with E-state index >= 15 is 0 Å². The number of aryl methyl sites for hydroxylation is 1. The molecule has 100 valence electrons. The van der Waals surface area contributed by atoms with Gasteiger partial charge in [0.2, 0.25) is 0 Å². The van der Waals surface area contributed by atoms with Gasteiger partial charge in [0.25, 0.3) is 0 Å². The Morgan fingerprint density at radius 1 is 1.53 bits per heavy atom. The monoisotopic (exact) mass is 279 g/mol. The van der Waals surface area contributed by atoms with Crippen molar-refractivity contribution in [2.45, 2.75) is 30.2 Å². The van der Waals surface area contributed by atoms with Gasteiger partial charge in [-0.3, -0.25) is 4.79 Å². The lowest BCUT2D eigenvalue weighted by atomic mass is 10.0. The van der Waals surface area contributed by atoms with Crippen molar-refractivity contribution >= 4 is 28.6 Å². The molecular formula is C14H14FNO2S. The Morgan fingerprint density at radius 3 is 3.00 bits per heavy atom. The van der Waals surface area contributed by atoms with E-state index in [1.54, 1.807) is 6.07 Å². The van der Waals surface area contributed by atoms with Gasteiger partial charge in [-0.15, -0.1) is 11.8 Å². The number of hydrogen-bond donors (Lipinski definition) is 1. The molecule has 0 amide bonds. The number of carboxylic acids is 1. The maximum atomic E-state index is 13.6. The summed E-state index contributed by atoms with van der Waals surface area (Å²) in [5, 5.41) is 9.97. The van der Waals surface area contributed by atoms with Gasteiger partial charge >= 0.3 is 5.97 Å². The number of halogens is 1. The third-order valence-corrected chi connectivity index (χ3v) is 4.52. The zero-order valence-corrected chi connectivity index (χ0v) is 11.3. The van der Waals surface area contributed by atoms with Crippen molar-refractivity contribution < 1.29 is 14.3 Å². The van der Waals surface area contributed by atoms with E-state index in [2.05, 4.69) is 4.57 Å². The normalized spacial score (nSPS) is 17.9. The summed E-state index contributed by atoms with van der Waals surface area (Å²) in [6.07, 6.45) is 2.89. The minimum Gasteiger partial charge on any atom is -0.481 e. The van der Waals surface area contributed by atoms with Crippen LogP contribution in [-0.2, 0) is 11.3 Å². The van der Waals surface area contributed by atoms with E-state index in [4.69, 9.17) is 5.11 Å². The van der Waals surface area contributed by atoms with Crippen molar-refractivity contribution in [2.24, 2.45) is 0 Å². The predicted octanol–water partition coefficient (Wildman–Crippen LogP) is 3.46. The van der Waals surface area contributed by atoms with Crippen molar-refractivity contribution in [2.75, 3.05) is 6.26 Å². The number of benzene rings is 1. The first-order valence-corrected chi connectivity index (χ1v) is 7.41. The van der Waals surface area contributed by atoms with Crippen LogP contribution in [0.25, 0.3) is 10.9 Å². The third-order valence-electron chi connectivity index (χ3n) is 3.74. The molecule has 1 unspecified atom stereocenters. The number of rotatable bonds is 3. The molecular weight excluding hydrogens is 265 g/mol. The minimum atomic E-state index is -0.778. The van der Waals surface area contributed by atoms with Crippen LogP contribution >= 0.6 is 11.8 Å². The van der Waals surface area contributed by atoms with Crippen LogP contribution in [-0.4, -0.2) is 21.9 Å². The highest BCUT2D eigenvalue weighted by molar-refractivity contribution is 7.98. The third kappa shape index (κ3) is 2.02. The summed E-state index contributed by atoms with van der Waals surface area (Å²) in [6.45, 7) is 0.772. The summed E-state index contributed by atoms with van der Waals surface area (Å²) in [5.74, 6) is -0.970. The van der Waals surface area contributed by atoms with E-state index in [0.717, 1.165) is 34.5 Å². The Morgan fingerprint density at radius 2 is 2.32 bits per heavy atom. The molecule has 0 spiro atoms. The number of aromatic nitrogens is 1. The van der Waals surface area contributed by atoms with Gasteiger partial charge in [-0.2, -0.15) is 0 Å². The lowest BCUT2D eigenvalue weighted by molar-refractivity contribution is -0.137. The number of fused-ring (bicyclic) bond motifs is 3. The smallest absolute Gasteiger partial charge is 0.304 e. The van der Waals surface area contributed by atoms with E-state index in [1.807, 2.05) is 12.3 Å². The number of thioether (sulfide) groups is 1. The fourth-order valence-electron chi connectivity index (χ4n) is 2.92. The minimum absolute atomic E-state index is 0.0441. The lowest BCUT2D eigenvalue weighted by Crippen LogP contribution is -2.02. The molecule has 2 aromatic rings. The van der Waals surface area contributed by atoms with Crippen LogP contribution in [0.5, 0.6) is 0 Å². The molecule has 0 saturated carbocycles. The molecule has 3 nitrogen and oxygen atoms in total. The van der Waals surface area contributed by atoms with Gasteiger partial charge in [0.15, 0.2) is 0 Å². The summed E-state index contributed by atoms with van der Waals surface area (Å²) in [7, 11) is 0. The van der Waals surface area contributed by atoms with E-state index in [1.165, 1.54) is 17.8 Å².